The van der Waals surface area contributed by atoms with Crippen LogP contribution in [0.5, 0.6) is 11.5 Å². The number of hydrogen-bond acceptors (Lipinski definition) is 6. The number of aliphatic hydroxyl groups is 1. The largest absolute Gasteiger partial charge is 0.504 e. The van der Waals surface area contributed by atoms with Crippen molar-refractivity contribution in [1.29, 1.82) is 0 Å². The van der Waals surface area contributed by atoms with Crippen LogP contribution in [0.2, 0.25) is 0 Å². The number of phenols is 2. The fraction of sp³-hybridized carbons (Fsp3) is 0.625. The van der Waals surface area contributed by atoms with Gasteiger partial charge in [0, 0.05) is 20.8 Å². The molecule has 0 spiro atoms. The smallest absolute Gasteiger partial charge is 0.300 e. The van der Waals surface area contributed by atoms with Crippen molar-refractivity contribution < 1.29 is 45.0 Å². The highest BCUT2D eigenvalue weighted by molar-refractivity contribution is 5.63. The highest BCUT2D eigenvalue weighted by Crippen LogP contribution is 2.61. The number of hydrogen-bond donors (Lipinski definition) is 6. The Balaban J connectivity index is 0.000000381. The molecule has 186 valence electrons. The summed E-state index contributed by atoms with van der Waals surface area (Å²) >= 11 is 0. The van der Waals surface area contributed by atoms with E-state index < -0.39 is 17.9 Å². The molecule has 3 aliphatic rings. The molecule has 1 aromatic carbocycles. The number of carboxylic acids is 3. The third-order valence-corrected chi connectivity index (χ3v) is 6.77. The zero-order valence-electron chi connectivity index (χ0n) is 19.6. The van der Waals surface area contributed by atoms with Gasteiger partial charge in [0.15, 0.2) is 11.5 Å². The van der Waals surface area contributed by atoms with Crippen LogP contribution in [0.3, 0.4) is 0 Å². The van der Waals surface area contributed by atoms with Crippen molar-refractivity contribution in [1.82, 2.24) is 0 Å². The minimum Gasteiger partial charge on any atom is -0.504 e. The van der Waals surface area contributed by atoms with Gasteiger partial charge in [0.05, 0.1) is 6.10 Å². The second-order valence-corrected chi connectivity index (χ2v) is 9.15. The average molecular weight is 469 g/mol. The third-order valence-electron chi connectivity index (χ3n) is 6.77. The summed E-state index contributed by atoms with van der Waals surface area (Å²) in [6.07, 6.45) is 6.23. The standard InChI is InChI=1S/C18H24O3.3C2H4O2/c1-18-7-6-11-12(14(18)4-5-17(18)21)3-2-10-8-15(19)16(20)9-13(10)11;3*1-2(3)4/h8-9,11-12,14,17,19-21H,2-7H2,1H3;3*1H3,(H,3,4)/t11-,12+,14-,17?,18-;;;/m0.../s1. The molecule has 1 aromatic rings. The summed E-state index contributed by atoms with van der Waals surface area (Å²) in [6.45, 7) is 5.52. The van der Waals surface area contributed by atoms with Gasteiger partial charge in [-0.3, -0.25) is 14.4 Å². The monoisotopic (exact) mass is 468 g/mol. The molecular weight excluding hydrogens is 432 g/mol. The fourth-order valence-electron chi connectivity index (χ4n) is 5.57. The van der Waals surface area contributed by atoms with Gasteiger partial charge in [-0.15, -0.1) is 0 Å². The first-order chi connectivity index (χ1) is 15.2. The summed E-state index contributed by atoms with van der Waals surface area (Å²) in [5.41, 5.74) is 2.54. The fourth-order valence-corrected chi connectivity index (χ4v) is 5.57. The van der Waals surface area contributed by atoms with Crippen LogP contribution in [-0.4, -0.2) is 54.7 Å². The number of carbonyl (C=O) groups is 3. The zero-order chi connectivity index (χ0) is 25.5. The van der Waals surface area contributed by atoms with E-state index in [0.717, 1.165) is 59.3 Å². The Morgan fingerprint density at radius 1 is 0.848 bits per heavy atom. The molecule has 0 saturated heterocycles. The van der Waals surface area contributed by atoms with Gasteiger partial charge in [-0.05, 0) is 85.0 Å². The summed E-state index contributed by atoms with van der Waals surface area (Å²) in [5.74, 6) is -0.769. The molecule has 9 heteroatoms. The minimum absolute atomic E-state index is 0.00383. The Kier molecular flexibility index (Phi) is 10.2. The molecule has 0 aliphatic heterocycles. The van der Waals surface area contributed by atoms with Crippen molar-refractivity contribution in [3.05, 3.63) is 23.3 Å². The Bertz CT molecular complexity index is 810. The summed E-state index contributed by atoms with van der Waals surface area (Å²) in [4.78, 5) is 27.0. The van der Waals surface area contributed by atoms with Crippen molar-refractivity contribution >= 4 is 17.9 Å². The Morgan fingerprint density at radius 2 is 1.33 bits per heavy atom. The van der Waals surface area contributed by atoms with Crippen LogP contribution in [0.25, 0.3) is 0 Å². The van der Waals surface area contributed by atoms with Gasteiger partial charge >= 0.3 is 0 Å². The molecule has 2 fully saturated rings. The van der Waals surface area contributed by atoms with E-state index in [0.29, 0.717) is 17.8 Å². The van der Waals surface area contributed by atoms with Gasteiger partial charge in [-0.2, -0.15) is 0 Å². The minimum atomic E-state index is -0.833. The first-order valence-electron chi connectivity index (χ1n) is 11.0. The molecule has 0 radical (unpaired) electrons. The molecule has 6 N–H and O–H groups in total. The number of benzene rings is 1. The maximum absolute atomic E-state index is 10.4. The van der Waals surface area contributed by atoms with Gasteiger partial charge in [0.1, 0.15) is 0 Å². The van der Waals surface area contributed by atoms with E-state index in [-0.39, 0.29) is 23.0 Å². The van der Waals surface area contributed by atoms with Crippen LogP contribution in [-0.2, 0) is 20.8 Å². The van der Waals surface area contributed by atoms with Crippen molar-refractivity contribution in [2.24, 2.45) is 17.3 Å². The number of aliphatic hydroxyl groups excluding tert-OH is 1. The molecule has 0 aromatic heterocycles. The topological polar surface area (TPSA) is 173 Å². The molecular formula is C24H36O9. The number of aryl methyl sites for hydroxylation is 1. The second-order valence-electron chi connectivity index (χ2n) is 9.15. The Hall–Kier alpha value is -2.81. The molecule has 0 amide bonds. The Morgan fingerprint density at radius 3 is 1.85 bits per heavy atom. The molecule has 4 rings (SSSR count). The molecule has 5 atom stereocenters. The van der Waals surface area contributed by atoms with Crippen LogP contribution >= 0.6 is 0 Å². The number of aromatic hydroxyl groups is 2. The second kappa shape index (κ2) is 11.9. The van der Waals surface area contributed by atoms with Gasteiger partial charge < -0.3 is 30.6 Å². The molecule has 0 heterocycles. The van der Waals surface area contributed by atoms with E-state index in [9.17, 15) is 15.3 Å². The number of carboxylic acid groups (broad SMARTS) is 3. The molecule has 2 saturated carbocycles. The lowest BCUT2D eigenvalue weighted by molar-refractivity contribution is -0.135. The predicted octanol–water partition coefficient (Wildman–Crippen LogP) is 3.59. The SMILES string of the molecule is CC(=O)O.CC(=O)O.CC(=O)O.C[C@]12CC[C@@H]3c4cc(O)c(O)cc4CC[C@H]3[C@@H]1CCC2O. The van der Waals surface area contributed by atoms with E-state index in [2.05, 4.69) is 6.92 Å². The number of fused-ring (bicyclic) bond motifs is 5. The van der Waals surface area contributed by atoms with E-state index in [1.807, 2.05) is 0 Å². The van der Waals surface area contributed by atoms with Gasteiger partial charge in [0.2, 0.25) is 0 Å². The van der Waals surface area contributed by atoms with Crippen molar-refractivity contribution in [3.8, 4) is 11.5 Å². The maximum Gasteiger partial charge on any atom is 0.300 e. The molecule has 3 aliphatic carbocycles. The first-order valence-corrected chi connectivity index (χ1v) is 11.0. The summed E-state index contributed by atoms with van der Waals surface area (Å²) < 4.78 is 0. The van der Waals surface area contributed by atoms with Crippen molar-refractivity contribution in [2.45, 2.75) is 78.2 Å². The molecule has 0 bridgehead atoms. The zero-order valence-corrected chi connectivity index (χ0v) is 19.6. The average Bonchev–Trinajstić information content (AvgIpc) is 2.96. The lowest BCUT2D eigenvalue weighted by Gasteiger charge is -2.50. The number of aliphatic carboxylic acids is 3. The lowest BCUT2D eigenvalue weighted by atomic mass is 9.55. The van der Waals surface area contributed by atoms with Crippen LogP contribution in [0.4, 0.5) is 0 Å². The highest BCUT2D eigenvalue weighted by atomic mass is 16.4. The summed E-state index contributed by atoms with van der Waals surface area (Å²) in [7, 11) is 0. The maximum atomic E-state index is 10.4. The first kappa shape index (κ1) is 28.2. The number of rotatable bonds is 0. The van der Waals surface area contributed by atoms with Crippen molar-refractivity contribution in [3.63, 3.8) is 0 Å². The van der Waals surface area contributed by atoms with E-state index in [1.165, 1.54) is 11.1 Å². The van der Waals surface area contributed by atoms with Crippen LogP contribution in [0, 0.1) is 17.3 Å². The summed E-state index contributed by atoms with van der Waals surface area (Å²) in [6, 6.07) is 3.54. The van der Waals surface area contributed by atoms with Crippen molar-refractivity contribution in [2.75, 3.05) is 0 Å². The highest BCUT2D eigenvalue weighted by Gasteiger charge is 2.54. The van der Waals surface area contributed by atoms with Gasteiger partial charge in [-0.25, -0.2) is 0 Å². The van der Waals surface area contributed by atoms with E-state index >= 15 is 0 Å². The van der Waals surface area contributed by atoms with Crippen LogP contribution in [0.1, 0.15) is 76.8 Å². The van der Waals surface area contributed by atoms with Gasteiger partial charge in [0.25, 0.3) is 17.9 Å². The van der Waals surface area contributed by atoms with E-state index in [1.54, 1.807) is 12.1 Å². The normalized spacial score (nSPS) is 28.5. The molecule has 9 nitrogen and oxygen atoms in total. The number of phenolic OH excluding ortho intramolecular Hbond substituents is 2. The van der Waals surface area contributed by atoms with Crippen LogP contribution < -0.4 is 0 Å². The third kappa shape index (κ3) is 7.63. The van der Waals surface area contributed by atoms with E-state index in [4.69, 9.17) is 29.7 Å². The lowest BCUT2D eigenvalue weighted by Crippen LogP contribution is -2.43. The molecule has 1 unspecified atom stereocenters. The van der Waals surface area contributed by atoms with Gasteiger partial charge in [-0.1, -0.05) is 6.92 Å². The van der Waals surface area contributed by atoms with Crippen LogP contribution in [0.15, 0.2) is 12.1 Å². The molecule has 33 heavy (non-hydrogen) atoms. The Labute approximate surface area is 193 Å². The quantitative estimate of drug-likeness (QED) is 0.311. The predicted molar refractivity (Wildman–Crippen MR) is 120 cm³/mol. The summed E-state index contributed by atoms with van der Waals surface area (Å²) in [5, 5.41) is 52.2.